The van der Waals surface area contributed by atoms with Crippen LogP contribution in [0.15, 0.2) is 47.4 Å². The van der Waals surface area contributed by atoms with E-state index in [0.717, 1.165) is 12.1 Å². The van der Waals surface area contributed by atoms with Crippen molar-refractivity contribution in [3.05, 3.63) is 65.2 Å². The average Bonchev–Trinajstić information content (AvgIpc) is 3.16. The molecule has 3 rings (SSSR count). The van der Waals surface area contributed by atoms with Gasteiger partial charge in [-0.1, -0.05) is 5.10 Å². The summed E-state index contributed by atoms with van der Waals surface area (Å²) in [6.07, 6.45) is -10.3. The second-order valence-corrected chi connectivity index (χ2v) is 8.87. The Morgan fingerprint density at radius 2 is 1.63 bits per heavy atom. The summed E-state index contributed by atoms with van der Waals surface area (Å²) in [5.41, 5.74) is -3.33. The number of aromatic nitrogens is 3. The van der Waals surface area contributed by atoms with E-state index >= 15 is 0 Å². The van der Waals surface area contributed by atoms with Crippen LogP contribution < -0.4 is 9.46 Å². The van der Waals surface area contributed by atoms with Gasteiger partial charge in [-0.25, -0.2) is 17.5 Å². The van der Waals surface area contributed by atoms with Crippen LogP contribution in [0.3, 0.4) is 0 Å². The molecular weight excluding hydrogens is 509 g/mol. The van der Waals surface area contributed by atoms with E-state index in [4.69, 9.17) is 4.74 Å². The first kappa shape index (κ1) is 26.4. The number of nitrogens with zero attached hydrogens (tertiary/aromatic N) is 3. The molecule has 0 amide bonds. The molecule has 1 heterocycles. The highest BCUT2D eigenvalue weighted by molar-refractivity contribution is 7.89. The number of nitrogens with one attached hydrogen (secondary N) is 1. The molecule has 3 aromatic rings. The summed E-state index contributed by atoms with van der Waals surface area (Å²) in [6.45, 7) is 2.96. The van der Waals surface area contributed by atoms with Gasteiger partial charge in [0.1, 0.15) is 11.6 Å². The molecule has 0 unspecified atom stereocenters. The highest BCUT2D eigenvalue weighted by atomic mass is 32.2. The van der Waals surface area contributed by atoms with Crippen LogP contribution in [0, 0.1) is 5.82 Å². The van der Waals surface area contributed by atoms with Crippen molar-refractivity contribution in [1.29, 1.82) is 0 Å². The van der Waals surface area contributed by atoms with Crippen LogP contribution in [0.25, 0.3) is 0 Å². The smallest absolute Gasteiger partial charge is 0.417 e. The molecule has 35 heavy (non-hydrogen) atoms. The SMILES string of the molecule is CCn1c(Oc2ccc(F)cc2)nnc1[C@@H](C)NS(=O)(=O)c1cc(C(F)(F)F)ccc1C(F)(F)F. The highest BCUT2D eigenvalue weighted by Gasteiger charge is 2.41. The predicted molar refractivity (Wildman–Crippen MR) is 107 cm³/mol. The van der Waals surface area contributed by atoms with Crippen molar-refractivity contribution in [3.8, 4) is 11.8 Å². The molecule has 0 radical (unpaired) electrons. The fourth-order valence-electron chi connectivity index (χ4n) is 3.11. The largest absolute Gasteiger partial charge is 0.424 e. The molecule has 0 fully saturated rings. The first-order valence-corrected chi connectivity index (χ1v) is 11.3. The summed E-state index contributed by atoms with van der Waals surface area (Å²) in [5, 5.41) is 7.56. The monoisotopic (exact) mass is 526 g/mol. The standard InChI is InChI=1S/C20H17F7N4O3S/c1-3-31-17(28-29-18(31)34-14-7-5-13(21)6-8-14)11(2)30-35(32,33)16-10-12(19(22,23)24)4-9-15(16)20(25,26)27/h4-11,30H,3H2,1-2H3/t11-/m1/s1. The normalized spacial score (nSPS) is 13.6. The summed E-state index contributed by atoms with van der Waals surface area (Å²) >= 11 is 0. The van der Waals surface area contributed by atoms with Crippen LogP contribution in [0.1, 0.15) is 36.8 Å². The third kappa shape index (κ3) is 5.90. The molecule has 0 bridgehead atoms. The minimum absolute atomic E-state index is 0.0608. The van der Waals surface area contributed by atoms with Crippen molar-refractivity contribution in [2.24, 2.45) is 0 Å². The minimum atomic E-state index is -5.24. The summed E-state index contributed by atoms with van der Waals surface area (Å²) in [6, 6.07) is 3.50. The fraction of sp³-hybridized carbons (Fsp3) is 0.300. The summed E-state index contributed by atoms with van der Waals surface area (Å²) in [4.78, 5) is -1.59. The first-order chi connectivity index (χ1) is 16.1. The second-order valence-electron chi connectivity index (χ2n) is 7.19. The molecule has 0 saturated carbocycles. The number of sulfonamides is 1. The Balaban J connectivity index is 1.96. The lowest BCUT2D eigenvalue weighted by molar-refractivity contribution is -0.143. The van der Waals surface area contributed by atoms with E-state index in [9.17, 15) is 39.2 Å². The van der Waals surface area contributed by atoms with Gasteiger partial charge in [-0.05, 0) is 56.3 Å². The van der Waals surface area contributed by atoms with Crippen LogP contribution in [0.2, 0.25) is 0 Å². The van der Waals surface area contributed by atoms with Gasteiger partial charge in [-0.2, -0.15) is 26.3 Å². The average molecular weight is 526 g/mol. The maximum atomic E-state index is 13.4. The first-order valence-electron chi connectivity index (χ1n) is 9.80. The molecular formula is C20H17F7N4O3S. The molecule has 1 N–H and O–H groups in total. The highest BCUT2D eigenvalue weighted by Crippen LogP contribution is 2.38. The Kier molecular flexibility index (Phi) is 7.13. The molecule has 190 valence electrons. The van der Waals surface area contributed by atoms with Gasteiger partial charge >= 0.3 is 18.4 Å². The van der Waals surface area contributed by atoms with E-state index in [0.29, 0.717) is 0 Å². The lowest BCUT2D eigenvalue weighted by Gasteiger charge is -2.19. The second kappa shape index (κ2) is 9.45. The number of rotatable bonds is 7. The molecule has 7 nitrogen and oxygen atoms in total. The van der Waals surface area contributed by atoms with E-state index in [1.165, 1.54) is 23.6 Å². The van der Waals surface area contributed by atoms with Crippen molar-refractivity contribution in [3.63, 3.8) is 0 Å². The molecule has 0 aliphatic heterocycles. The molecule has 0 saturated heterocycles. The van der Waals surface area contributed by atoms with Gasteiger partial charge < -0.3 is 4.74 Å². The third-order valence-electron chi connectivity index (χ3n) is 4.71. The van der Waals surface area contributed by atoms with Gasteiger partial charge in [0.15, 0.2) is 5.82 Å². The van der Waals surface area contributed by atoms with E-state index in [-0.39, 0.29) is 42.3 Å². The molecule has 2 aromatic carbocycles. The number of alkyl halides is 6. The fourth-order valence-corrected chi connectivity index (χ4v) is 4.56. The Morgan fingerprint density at radius 3 is 2.17 bits per heavy atom. The van der Waals surface area contributed by atoms with E-state index in [1.807, 2.05) is 4.72 Å². The number of ether oxygens (including phenoxy) is 1. The number of hydrogen-bond donors (Lipinski definition) is 1. The van der Waals surface area contributed by atoms with Gasteiger partial charge in [0.25, 0.3) is 0 Å². The molecule has 0 spiro atoms. The Morgan fingerprint density at radius 1 is 1.00 bits per heavy atom. The van der Waals surface area contributed by atoms with E-state index in [1.54, 1.807) is 6.92 Å². The number of benzene rings is 2. The Bertz CT molecular complexity index is 1300. The summed E-state index contributed by atoms with van der Waals surface area (Å²) in [7, 11) is -5.12. The lowest BCUT2D eigenvalue weighted by atomic mass is 10.1. The maximum Gasteiger partial charge on any atom is 0.417 e. The van der Waals surface area contributed by atoms with Gasteiger partial charge in [0.2, 0.25) is 10.0 Å². The van der Waals surface area contributed by atoms with Crippen LogP contribution in [-0.2, 0) is 28.9 Å². The van der Waals surface area contributed by atoms with E-state index in [2.05, 4.69) is 10.2 Å². The minimum Gasteiger partial charge on any atom is -0.424 e. The lowest BCUT2D eigenvalue weighted by Crippen LogP contribution is -2.31. The number of hydrogen-bond acceptors (Lipinski definition) is 5. The van der Waals surface area contributed by atoms with Gasteiger partial charge in [0, 0.05) is 6.54 Å². The Labute approximate surface area is 194 Å². The van der Waals surface area contributed by atoms with E-state index < -0.39 is 50.3 Å². The molecule has 1 atom stereocenters. The van der Waals surface area contributed by atoms with Crippen molar-refractivity contribution in [2.75, 3.05) is 0 Å². The predicted octanol–water partition coefficient (Wildman–Crippen LogP) is 5.31. The van der Waals surface area contributed by atoms with Crippen LogP contribution in [0.5, 0.6) is 11.8 Å². The third-order valence-corrected chi connectivity index (χ3v) is 6.29. The zero-order valence-electron chi connectivity index (χ0n) is 17.9. The van der Waals surface area contributed by atoms with Crippen molar-refractivity contribution >= 4 is 10.0 Å². The summed E-state index contributed by atoms with van der Waals surface area (Å²) in [5.74, 6) is -0.438. The molecule has 1 aromatic heterocycles. The van der Waals surface area contributed by atoms with Crippen molar-refractivity contribution < 1.29 is 43.9 Å². The quantitative estimate of drug-likeness (QED) is 0.422. The van der Waals surface area contributed by atoms with Crippen LogP contribution in [-0.4, -0.2) is 23.2 Å². The van der Waals surface area contributed by atoms with Crippen LogP contribution >= 0.6 is 0 Å². The van der Waals surface area contributed by atoms with Crippen molar-refractivity contribution in [1.82, 2.24) is 19.5 Å². The molecule has 0 aliphatic carbocycles. The zero-order chi connectivity index (χ0) is 26.2. The van der Waals surface area contributed by atoms with Gasteiger partial charge in [-0.15, -0.1) is 5.10 Å². The maximum absolute atomic E-state index is 13.4. The van der Waals surface area contributed by atoms with Gasteiger partial charge in [0.05, 0.1) is 22.1 Å². The Hall–Kier alpha value is -3.20. The zero-order valence-corrected chi connectivity index (χ0v) is 18.8. The molecule has 15 heteroatoms. The van der Waals surface area contributed by atoms with Gasteiger partial charge in [-0.3, -0.25) is 4.57 Å². The van der Waals surface area contributed by atoms with Crippen molar-refractivity contribution in [2.45, 2.75) is 43.7 Å². The molecule has 0 aliphatic rings. The topological polar surface area (TPSA) is 86.1 Å². The van der Waals surface area contributed by atoms with Crippen LogP contribution in [0.4, 0.5) is 30.7 Å². The number of halogens is 7. The summed E-state index contributed by atoms with van der Waals surface area (Å²) < 4.78 is 127.